The van der Waals surface area contributed by atoms with E-state index in [9.17, 15) is 14.9 Å². The molecule has 1 aromatic carbocycles. The molecular formula is C14H8N2O4S. The number of nitrogens with zero attached hydrogens (tertiary/aromatic N) is 2. The number of carbonyl (C=O) groups is 1. The predicted octanol–water partition coefficient (Wildman–Crippen LogP) is 3.00. The fourth-order valence-electron chi connectivity index (χ4n) is 1.87. The SMILES string of the molecule is O=C1ON=C(c2ccccc2)/C1=C/c1ccc([N+](=O)[O-])s1. The van der Waals surface area contributed by atoms with E-state index in [-0.39, 0.29) is 10.6 Å². The lowest BCUT2D eigenvalue weighted by Gasteiger charge is -1.98. The van der Waals surface area contributed by atoms with E-state index in [2.05, 4.69) is 5.16 Å². The van der Waals surface area contributed by atoms with Gasteiger partial charge in [-0.3, -0.25) is 10.1 Å². The third-order valence-electron chi connectivity index (χ3n) is 2.82. The molecule has 21 heavy (non-hydrogen) atoms. The first kappa shape index (κ1) is 13.2. The molecule has 0 N–H and O–H groups in total. The summed E-state index contributed by atoms with van der Waals surface area (Å²) in [5.74, 6) is -0.565. The minimum absolute atomic E-state index is 0.0198. The Morgan fingerprint density at radius 3 is 2.62 bits per heavy atom. The van der Waals surface area contributed by atoms with Crippen molar-refractivity contribution in [3.8, 4) is 0 Å². The van der Waals surface area contributed by atoms with Crippen LogP contribution in [0.2, 0.25) is 0 Å². The highest BCUT2D eigenvalue weighted by Gasteiger charge is 2.27. The molecule has 0 saturated heterocycles. The van der Waals surface area contributed by atoms with Gasteiger partial charge in [0.05, 0.1) is 10.5 Å². The first-order valence-corrected chi connectivity index (χ1v) is 6.78. The van der Waals surface area contributed by atoms with E-state index in [0.29, 0.717) is 10.6 Å². The van der Waals surface area contributed by atoms with Crippen molar-refractivity contribution in [2.45, 2.75) is 0 Å². The molecule has 2 aromatic rings. The maximum absolute atomic E-state index is 11.8. The predicted molar refractivity (Wildman–Crippen MR) is 78.0 cm³/mol. The van der Waals surface area contributed by atoms with Crippen LogP contribution in [0.3, 0.4) is 0 Å². The first-order chi connectivity index (χ1) is 10.1. The lowest BCUT2D eigenvalue weighted by Crippen LogP contribution is -2.06. The van der Waals surface area contributed by atoms with Gasteiger partial charge in [0, 0.05) is 16.5 Å². The zero-order valence-corrected chi connectivity index (χ0v) is 11.4. The van der Waals surface area contributed by atoms with E-state index >= 15 is 0 Å². The van der Waals surface area contributed by atoms with E-state index in [1.165, 1.54) is 6.07 Å². The minimum Gasteiger partial charge on any atom is -0.312 e. The Morgan fingerprint density at radius 1 is 1.19 bits per heavy atom. The molecule has 7 heteroatoms. The second-order valence-corrected chi connectivity index (χ2v) is 5.27. The fraction of sp³-hybridized carbons (Fsp3) is 0. The van der Waals surface area contributed by atoms with Crippen LogP contribution in [0.4, 0.5) is 5.00 Å². The van der Waals surface area contributed by atoms with Crippen molar-refractivity contribution < 1.29 is 14.6 Å². The van der Waals surface area contributed by atoms with Crippen molar-refractivity contribution in [2.75, 3.05) is 0 Å². The Hall–Kier alpha value is -2.80. The van der Waals surface area contributed by atoms with E-state index < -0.39 is 10.9 Å². The molecule has 0 aliphatic carbocycles. The number of hydrogen-bond donors (Lipinski definition) is 0. The Bertz CT molecular complexity index is 777. The Morgan fingerprint density at radius 2 is 1.95 bits per heavy atom. The van der Waals surface area contributed by atoms with Crippen molar-refractivity contribution in [3.63, 3.8) is 0 Å². The summed E-state index contributed by atoms with van der Waals surface area (Å²) >= 11 is 0.989. The van der Waals surface area contributed by atoms with Crippen LogP contribution in [0.1, 0.15) is 10.4 Å². The second-order valence-electron chi connectivity index (χ2n) is 4.18. The number of hydrogen-bond acceptors (Lipinski definition) is 6. The van der Waals surface area contributed by atoms with Gasteiger partial charge in [0.2, 0.25) is 0 Å². The van der Waals surface area contributed by atoms with Gasteiger partial charge in [-0.2, -0.15) is 0 Å². The molecule has 2 heterocycles. The molecule has 0 fully saturated rings. The summed E-state index contributed by atoms with van der Waals surface area (Å²) in [6.45, 7) is 0. The van der Waals surface area contributed by atoms with E-state index in [0.717, 1.165) is 16.9 Å². The standard InChI is InChI=1S/C14H8N2O4S/c17-14-11(8-10-6-7-12(21-10)16(18)19)13(15-20-14)9-4-2-1-3-5-9/h1-8H/b11-8-. The average molecular weight is 300 g/mol. The monoisotopic (exact) mass is 300 g/mol. The van der Waals surface area contributed by atoms with Crippen molar-refractivity contribution in [2.24, 2.45) is 5.16 Å². The summed E-state index contributed by atoms with van der Waals surface area (Å²) in [5.41, 5.74) is 1.47. The average Bonchev–Trinajstić information content (AvgIpc) is 3.09. The van der Waals surface area contributed by atoms with E-state index in [4.69, 9.17) is 4.84 Å². The molecule has 104 valence electrons. The number of oxime groups is 1. The highest BCUT2D eigenvalue weighted by molar-refractivity contribution is 7.16. The zero-order chi connectivity index (χ0) is 14.8. The van der Waals surface area contributed by atoms with Crippen LogP contribution >= 0.6 is 11.3 Å². The first-order valence-electron chi connectivity index (χ1n) is 5.96. The van der Waals surface area contributed by atoms with Gasteiger partial charge in [0.25, 0.3) is 0 Å². The van der Waals surface area contributed by atoms with Gasteiger partial charge in [-0.25, -0.2) is 4.79 Å². The number of benzene rings is 1. The molecule has 0 bridgehead atoms. The second kappa shape index (κ2) is 5.29. The van der Waals surface area contributed by atoms with E-state index in [1.54, 1.807) is 12.1 Å². The van der Waals surface area contributed by atoms with Crippen LogP contribution in [-0.2, 0) is 9.63 Å². The molecule has 1 aromatic heterocycles. The molecular weight excluding hydrogens is 292 g/mol. The third kappa shape index (κ3) is 2.59. The van der Waals surface area contributed by atoms with Crippen LogP contribution in [0.15, 0.2) is 53.2 Å². The number of rotatable bonds is 3. The summed E-state index contributed by atoms with van der Waals surface area (Å²) in [6.07, 6.45) is 1.55. The summed E-state index contributed by atoms with van der Waals surface area (Å²) in [7, 11) is 0. The molecule has 3 rings (SSSR count). The fourth-order valence-corrected chi connectivity index (χ4v) is 2.64. The molecule has 0 spiro atoms. The van der Waals surface area contributed by atoms with Gasteiger partial charge < -0.3 is 4.84 Å². The molecule has 1 aliphatic heterocycles. The van der Waals surface area contributed by atoms with Crippen LogP contribution in [0, 0.1) is 10.1 Å². The van der Waals surface area contributed by atoms with Crippen molar-refractivity contribution in [1.82, 2.24) is 0 Å². The lowest BCUT2D eigenvalue weighted by atomic mass is 10.0. The summed E-state index contributed by atoms with van der Waals surface area (Å²) < 4.78 is 0. The molecule has 0 amide bonds. The number of nitro groups is 1. The third-order valence-corrected chi connectivity index (χ3v) is 3.81. The topological polar surface area (TPSA) is 81.8 Å². The maximum Gasteiger partial charge on any atom is 0.368 e. The highest BCUT2D eigenvalue weighted by Crippen LogP contribution is 2.28. The quantitative estimate of drug-likeness (QED) is 0.377. The van der Waals surface area contributed by atoms with Crippen molar-refractivity contribution in [1.29, 1.82) is 0 Å². The van der Waals surface area contributed by atoms with Gasteiger partial charge in [0.1, 0.15) is 5.71 Å². The summed E-state index contributed by atoms with van der Waals surface area (Å²) in [6, 6.07) is 12.1. The van der Waals surface area contributed by atoms with Crippen LogP contribution < -0.4 is 0 Å². The lowest BCUT2D eigenvalue weighted by molar-refractivity contribution is -0.380. The maximum atomic E-state index is 11.8. The molecule has 6 nitrogen and oxygen atoms in total. The van der Waals surface area contributed by atoms with Gasteiger partial charge in [-0.15, -0.1) is 0 Å². The Kier molecular flexibility index (Phi) is 3.33. The molecule has 0 unspecified atom stereocenters. The normalized spacial score (nSPS) is 15.9. The Balaban J connectivity index is 1.98. The largest absolute Gasteiger partial charge is 0.368 e. The van der Waals surface area contributed by atoms with Crippen LogP contribution in [-0.4, -0.2) is 16.6 Å². The summed E-state index contributed by atoms with van der Waals surface area (Å²) in [5, 5.41) is 14.5. The number of carbonyl (C=O) groups excluding carboxylic acids is 1. The zero-order valence-electron chi connectivity index (χ0n) is 10.6. The summed E-state index contributed by atoms with van der Waals surface area (Å²) in [4.78, 5) is 27.3. The van der Waals surface area contributed by atoms with Gasteiger partial charge in [-0.05, 0) is 12.1 Å². The van der Waals surface area contributed by atoms with Crippen molar-refractivity contribution in [3.05, 3.63) is 68.6 Å². The molecule has 0 radical (unpaired) electrons. The van der Waals surface area contributed by atoms with Crippen LogP contribution in [0.5, 0.6) is 0 Å². The van der Waals surface area contributed by atoms with Crippen LogP contribution in [0.25, 0.3) is 6.08 Å². The van der Waals surface area contributed by atoms with E-state index in [1.807, 2.05) is 30.3 Å². The highest BCUT2D eigenvalue weighted by atomic mass is 32.1. The smallest absolute Gasteiger partial charge is 0.312 e. The molecule has 0 atom stereocenters. The van der Waals surface area contributed by atoms with Gasteiger partial charge >= 0.3 is 11.0 Å². The minimum atomic E-state index is -0.565. The molecule has 0 saturated carbocycles. The van der Waals surface area contributed by atoms with Crippen molar-refractivity contribution >= 4 is 34.1 Å². The molecule has 1 aliphatic rings. The van der Waals surface area contributed by atoms with Gasteiger partial charge in [-0.1, -0.05) is 46.8 Å². The van der Waals surface area contributed by atoms with Gasteiger partial charge in [0.15, 0.2) is 0 Å². The number of thiophene rings is 1. The Labute approximate surface area is 123 Å².